The van der Waals surface area contributed by atoms with E-state index in [0.717, 1.165) is 29.0 Å². The number of pyridine rings is 1. The van der Waals surface area contributed by atoms with E-state index in [-0.39, 0.29) is 23.7 Å². The standard InChI is InChI=1S/C23H24F3NO3S.C2H6/c1-12-7-13(2)20(14(3)8-12)21-17(28)9-18(30-22(21)29)15(4)11-31-19-6-5-16(10-27-19)23(24,25)26;1-2/h5-8,10,15,18,28H,9,11H2,1-4H3;1-2H3. The van der Waals surface area contributed by atoms with Gasteiger partial charge in [0.15, 0.2) is 0 Å². The molecule has 0 radical (unpaired) electrons. The van der Waals surface area contributed by atoms with Crippen molar-refractivity contribution in [1.82, 2.24) is 4.98 Å². The highest BCUT2D eigenvalue weighted by atomic mass is 32.2. The van der Waals surface area contributed by atoms with Crippen LogP contribution in [-0.2, 0) is 15.7 Å². The Balaban J connectivity index is 0.00000187. The van der Waals surface area contributed by atoms with Crippen molar-refractivity contribution < 1.29 is 27.8 Å². The van der Waals surface area contributed by atoms with Gasteiger partial charge in [0, 0.05) is 24.3 Å². The maximum Gasteiger partial charge on any atom is 0.417 e. The van der Waals surface area contributed by atoms with Gasteiger partial charge in [0.05, 0.1) is 10.6 Å². The number of benzene rings is 1. The maximum absolute atomic E-state index is 12.7. The average Bonchev–Trinajstić information content (AvgIpc) is 2.74. The largest absolute Gasteiger partial charge is 0.511 e. The second-order valence-electron chi connectivity index (χ2n) is 7.91. The molecule has 2 heterocycles. The lowest BCUT2D eigenvalue weighted by molar-refractivity contribution is -0.145. The van der Waals surface area contributed by atoms with Crippen molar-refractivity contribution in [3.63, 3.8) is 0 Å². The summed E-state index contributed by atoms with van der Waals surface area (Å²) in [5.41, 5.74) is 2.97. The third kappa shape index (κ3) is 6.53. The fourth-order valence-corrected chi connectivity index (χ4v) is 4.68. The third-order valence-corrected chi connectivity index (χ3v) is 6.49. The van der Waals surface area contributed by atoms with Crippen LogP contribution in [0.2, 0.25) is 0 Å². The zero-order chi connectivity index (χ0) is 24.9. The fourth-order valence-electron chi connectivity index (χ4n) is 3.74. The minimum Gasteiger partial charge on any atom is -0.511 e. The Kier molecular flexibility index (Phi) is 9.00. The van der Waals surface area contributed by atoms with Gasteiger partial charge < -0.3 is 9.84 Å². The van der Waals surface area contributed by atoms with E-state index in [1.807, 2.05) is 53.7 Å². The van der Waals surface area contributed by atoms with Crippen LogP contribution in [-0.4, -0.2) is 27.9 Å². The fraction of sp³-hybridized carbons (Fsp3) is 0.440. The zero-order valence-corrected chi connectivity index (χ0v) is 20.5. The molecule has 1 aromatic carbocycles. The number of rotatable bonds is 5. The Labute approximate surface area is 197 Å². The summed E-state index contributed by atoms with van der Waals surface area (Å²) in [5, 5.41) is 11.1. The van der Waals surface area contributed by atoms with E-state index in [4.69, 9.17) is 4.74 Å². The summed E-state index contributed by atoms with van der Waals surface area (Å²) in [5.74, 6) is -0.224. The monoisotopic (exact) mass is 481 g/mol. The summed E-state index contributed by atoms with van der Waals surface area (Å²) < 4.78 is 43.6. The van der Waals surface area contributed by atoms with Gasteiger partial charge in [-0.15, -0.1) is 11.8 Å². The lowest BCUT2D eigenvalue weighted by Gasteiger charge is -2.29. The van der Waals surface area contributed by atoms with Crippen LogP contribution in [0, 0.1) is 26.7 Å². The molecule has 2 unspecified atom stereocenters. The molecule has 33 heavy (non-hydrogen) atoms. The van der Waals surface area contributed by atoms with Gasteiger partial charge in [-0.2, -0.15) is 13.2 Å². The van der Waals surface area contributed by atoms with Crippen LogP contribution < -0.4 is 0 Å². The summed E-state index contributed by atoms with van der Waals surface area (Å²) in [6, 6.07) is 6.23. The van der Waals surface area contributed by atoms with Crippen molar-refractivity contribution >= 4 is 23.3 Å². The average molecular weight is 482 g/mol. The SMILES string of the molecule is CC.Cc1cc(C)c(C2=C(O)CC(C(C)CSc3ccc(C(F)(F)F)cn3)OC2=O)c(C)c1. The van der Waals surface area contributed by atoms with Gasteiger partial charge in [0.2, 0.25) is 0 Å². The van der Waals surface area contributed by atoms with Gasteiger partial charge in [-0.1, -0.05) is 38.5 Å². The lowest BCUT2D eigenvalue weighted by atomic mass is 9.89. The molecule has 2 aromatic rings. The van der Waals surface area contributed by atoms with E-state index in [1.165, 1.54) is 17.8 Å². The summed E-state index contributed by atoms with van der Waals surface area (Å²) in [4.78, 5) is 16.6. The minimum absolute atomic E-state index is 0.000748. The van der Waals surface area contributed by atoms with Crippen LogP contribution >= 0.6 is 11.8 Å². The molecule has 3 rings (SSSR count). The lowest BCUT2D eigenvalue weighted by Crippen LogP contribution is -2.32. The number of carbonyl (C=O) groups excluding carboxylic acids is 1. The Morgan fingerprint density at radius 1 is 1.18 bits per heavy atom. The second-order valence-corrected chi connectivity index (χ2v) is 8.95. The molecule has 0 fully saturated rings. The molecule has 180 valence electrons. The Morgan fingerprint density at radius 2 is 1.79 bits per heavy atom. The number of halogens is 3. The van der Waals surface area contributed by atoms with Crippen LogP contribution in [0.5, 0.6) is 0 Å². The van der Waals surface area contributed by atoms with Gasteiger partial charge in [-0.05, 0) is 49.6 Å². The summed E-state index contributed by atoms with van der Waals surface area (Å²) in [7, 11) is 0. The summed E-state index contributed by atoms with van der Waals surface area (Å²) in [6.45, 7) is 11.6. The predicted molar refractivity (Wildman–Crippen MR) is 125 cm³/mol. The first-order valence-corrected chi connectivity index (χ1v) is 11.8. The van der Waals surface area contributed by atoms with E-state index in [0.29, 0.717) is 16.3 Å². The molecule has 2 atom stereocenters. The number of aromatic nitrogens is 1. The van der Waals surface area contributed by atoms with Crippen molar-refractivity contribution in [2.75, 3.05) is 5.75 Å². The molecule has 0 spiro atoms. The van der Waals surface area contributed by atoms with Crippen molar-refractivity contribution in [1.29, 1.82) is 0 Å². The number of ether oxygens (including phenoxy) is 1. The zero-order valence-electron chi connectivity index (χ0n) is 19.7. The number of aliphatic hydroxyl groups excluding tert-OH is 1. The Bertz CT molecular complexity index is 994. The van der Waals surface area contributed by atoms with Crippen LogP contribution in [0.4, 0.5) is 13.2 Å². The van der Waals surface area contributed by atoms with Crippen molar-refractivity contribution in [2.24, 2.45) is 5.92 Å². The van der Waals surface area contributed by atoms with Gasteiger partial charge in [-0.25, -0.2) is 9.78 Å². The molecule has 0 saturated carbocycles. The highest BCUT2D eigenvalue weighted by molar-refractivity contribution is 7.99. The van der Waals surface area contributed by atoms with E-state index in [9.17, 15) is 23.1 Å². The molecule has 1 aromatic heterocycles. The first-order chi connectivity index (χ1) is 15.5. The molecule has 1 N–H and O–H groups in total. The Hall–Kier alpha value is -2.48. The van der Waals surface area contributed by atoms with Crippen molar-refractivity contribution in [2.45, 2.75) is 65.3 Å². The highest BCUT2D eigenvalue weighted by Gasteiger charge is 2.34. The van der Waals surface area contributed by atoms with Crippen molar-refractivity contribution in [3.05, 3.63) is 64.0 Å². The summed E-state index contributed by atoms with van der Waals surface area (Å²) in [6.07, 6.45) is -3.95. The molecule has 1 aliphatic heterocycles. The number of aliphatic hydroxyl groups is 1. The number of hydrogen-bond acceptors (Lipinski definition) is 5. The molecular weight excluding hydrogens is 451 g/mol. The van der Waals surface area contributed by atoms with E-state index in [1.54, 1.807) is 0 Å². The minimum atomic E-state index is -4.42. The van der Waals surface area contributed by atoms with Gasteiger partial charge in [-0.3, -0.25) is 0 Å². The van der Waals surface area contributed by atoms with Gasteiger partial charge in [0.25, 0.3) is 0 Å². The topological polar surface area (TPSA) is 59.4 Å². The van der Waals surface area contributed by atoms with E-state index >= 15 is 0 Å². The number of cyclic esters (lactones) is 1. The third-order valence-electron chi connectivity index (χ3n) is 5.27. The summed E-state index contributed by atoms with van der Waals surface area (Å²) >= 11 is 1.28. The second kappa shape index (κ2) is 11.1. The molecule has 0 aliphatic carbocycles. The molecular formula is C25H30F3NO3S. The number of carbonyl (C=O) groups is 1. The molecule has 8 heteroatoms. The molecule has 0 saturated heterocycles. The number of thioether (sulfide) groups is 1. The predicted octanol–water partition coefficient (Wildman–Crippen LogP) is 7.06. The normalized spacial score (nSPS) is 17.2. The van der Waals surface area contributed by atoms with E-state index < -0.39 is 23.8 Å². The van der Waals surface area contributed by atoms with Gasteiger partial charge >= 0.3 is 12.1 Å². The maximum atomic E-state index is 12.7. The first-order valence-electron chi connectivity index (χ1n) is 10.8. The molecule has 0 bridgehead atoms. The Morgan fingerprint density at radius 3 is 2.27 bits per heavy atom. The number of alkyl halides is 3. The van der Waals surface area contributed by atoms with Gasteiger partial charge in [0.1, 0.15) is 17.4 Å². The van der Waals surface area contributed by atoms with Crippen LogP contribution in [0.15, 0.2) is 41.2 Å². The smallest absolute Gasteiger partial charge is 0.417 e. The van der Waals surface area contributed by atoms with Crippen LogP contribution in [0.1, 0.15) is 55.0 Å². The number of aryl methyl sites for hydroxylation is 3. The van der Waals surface area contributed by atoms with Crippen LogP contribution in [0.25, 0.3) is 5.57 Å². The number of nitrogens with zero attached hydrogens (tertiary/aromatic N) is 1. The first kappa shape index (κ1) is 26.8. The molecule has 4 nitrogen and oxygen atoms in total. The van der Waals surface area contributed by atoms with E-state index in [2.05, 4.69) is 4.98 Å². The highest BCUT2D eigenvalue weighted by Crippen LogP contribution is 2.36. The number of hydrogen-bond donors (Lipinski definition) is 1. The molecule has 1 aliphatic rings. The number of esters is 1. The molecule has 0 amide bonds. The van der Waals surface area contributed by atoms with Crippen LogP contribution in [0.3, 0.4) is 0 Å². The quantitative estimate of drug-likeness (QED) is 0.366. The van der Waals surface area contributed by atoms with Crippen molar-refractivity contribution in [3.8, 4) is 0 Å².